The number of sulfonamides is 1. The van der Waals surface area contributed by atoms with Crippen LogP contribution in [0.15, 0.2) is 42.5 Å². The zero-order valence-electron chi connectivity index (χ0n) is 19.6. The van der Waals surface area contributed by atoms with E-state index < -0.39 is 26.9 Å². The van der Waals surface area contributed by atoms with Crippen molar-refractivity contribution in [1.29, 1.82) is 0 Å². The molecule has 2 rings (SSSR count). The first kappa shape index (κ1) is 26.1. The van der Waals surface area contributed by atoms with E-state index in [0.717, 1.165) is 21.9 Å². The number of anilines is 1. The van der Waals surface area contributed by atoms with Crippen LogP contribution in [0.2, 0.25) is 0 Å². The molecule has 1 unspecified atom stereocenters. The molecule has 0 fully saturated rings. The number of hydrogen-bond donors (Lipinski definition) is 1. The summed E-state index contributed by atoms with van der Waals surface area (Å²) in [5, 5.41) is 13.9. The SMILES string of the molecule is CCC(C(=O)NCCOc1ccccc1C(C)C)N(c1cc([N+](=O)[O-])ccc1C)S(C)(=O)=O. The van der Waals surface area contributed by atoms with Gasteiger partial charge in [0.05, 0.1) is 23.4 Å². The van der Waals surface area contributed by atoms with Gasteiger partial charge in [0.15, 0.2) is 0 Å². The van der Waals surface area contributed by atoms with E-state index in [1.807, 2.05) is 24.3 Å². The summed E-state index contributed by atoms with van der Waals surface area (Å²) >= 11 is 0. The highest BCUT2D eigenvalue weighted by molar-refractivity contribution is 7.92. The van der Waals surface area contributed by atoms with Gasteiger partial charge in [-0.25, -0.2) is 8.42 Å². The molecule has 0 spiro atoms. The highest BCUT2D eigenvalue weighted by Crippen LogP contribution is 2.30. The van der Waals surface area contributed by atoms with Gasteiger partial charge in [0.2, 0.25) is 15.9 Å². The van der Waals surface area contributed by atoms with Gasteiger partial charge in [-0.15, -0.1) is 0 Å². The first-order valence-electron chi connectivity index (χ1n) is 10.7. The molecule has 0 aliphatic heterocycles. The normalized spacial score (nSPS) is 12.3. The average molecular weight is 478 g/mol. The molecule has 0 aromatic heterocycles. The number of aryl methyl sites for hydroxylation is 1. The maximum atomic E-state index is 12.9. The Kier molecular flexibility index (Phi) is 8.81. The highest BCUT2D eigenvalue weighted by Gasteiger charge is 2.33. The van der Waals surface area contributed by atoms with E-state index in [9.17, 15) is 23.3 Å². The number of carbonyl (C=O) groups excluding carboxylic acids is 1. The fourth-order valence-electron chi connectivity index (χ4n) is 3.53. The topological polar surface area (TPSA) is 119 Å². The molecule has 2 aromatic rings. The lowest BCUT2D eigenvalue weighted by Crippen LogP contribution is -2.50. The summed E-state index contributed by atoms with van der Waals surface area (Å²) in [5.41, 5.74) is 1.41. The summed E-state index contributed by atoms with van der Waals surface area (Å²) in [7, 11) is -3.91. The van der Waals surface area contributed by atoms with Gasteiger partial charge in [0.25, 0.3) is 5.69 Å². The van der Waals surface area contributed by atoms with E-state index in [1.165, 1.54) is 18.2 Å². The highest BCUT2D eigenvalue weighted by atomic mass is 32.2. The average Bonchev–Trinajstić information content (AvgIpc) is 2.74. The minimum Gasteiger partial charge on any atom is -0.491 e. The summed E-state index contributed by atoms with van der Waals surface area (Å²) in [5.74, 6) is 0.509. The monoisotopic (exact) mass is 477 g/mol. The molecule has 1 amide bonds. The van der Waals surface area contributed by atoms with Crippen LogP contribution in [-0.2, 0) is 14.8 Å². The predicted molar refractivity (Wildman–Crippen MR) is 128 cm³/mol. The summed E-state index contributed by atoms with van der Waals surface area (Å²) < 4.78 is 32.0. The van der Waals surface area contributed by atoms with Crippen LogP contribution in [0.1, 0.15) is 44.2 Å². The van der Waals surface area contributed by atoms with Gasteiger partial charge < -0.3 is 10.1 Å². The first-order chi connectivity index (χ1) is 15.5. The third-order valence-corrected chi connectivity index (χ3v) is 6.34. The second-order valence-electron chi connectivity index (χ2n) is 8.04. The molecule has 0 aliphatic rings. The second-order valence-corrected chi connectivity index (χ2v) is 9.90. The van der Waals surface area contributed by atoms with Crippen LogP contribution in [0.3, 0.4) is 0 Å². The van der Waals surface area contributed by atoms with Gasteiger partial charge in [0.1, 0.15) is 18.4 Å². The lowest BCUT2D eigenvalue weighted by molar-refractivity contribution is -0.384. The van der Waals surface area contributed by atoms with E-state index in [0.29, 0.717) is 5.56 Å². The van der Waals surface area contributed by atoms with Gasteiger partial charge >= 0.3 is 0 Å². The molecule has 0 bridgehead atoms. The van der Waals surface area contributed by atoms with Crippen molar-refractivity contribution in [3.05, 3.63) is 63.7 Å². The standard InChI is InChI=1S/C23H31N3O6S/c1-6-20(23(27)24-13-14-32-22-10-8-7-9-19(22)16(2)3)25(33(5,30)31)21-15-18(26(28)29)12-11-17(21)4/h7-12,15-16,20H,6,13-14H2,1-5H3,(H,24,27). The third-order valence-electron chi connectivity index (χ3n) is 5.17. The number of amides is 1. The smallest absolute Gasteiger partial charge is 0.271 e. The van der Waals surface area contributed by atoms with Gasteiger partial charge in [-0.3, -0.25) is 19.2 Å². The molecule has 33 heavy (non-hydrogen) atoms. The number of ether oxygens (including phenoxy) is 1. The zero-order chi connectivity index (χ0) is 24.8. The van der Waals surface area contributed by atoms with Crippen LogP contribution in [-0.4, -0.2) is 44.7 Å². The number of carbonyl (C=O) groups is 1. The van der Waals surface area contributed by atoms with Crippen molar-refractivity contribution in [2.75, 3.05) is 23.7 Å². The lowest BCUT2D eigenvalue weighted by atomic mass is 10.0. The fraction of sp³-hybridized carbons (Fsp3) is 0.435. The van der Waals surface area contributed by atoms with Crippen LogP contribution in [0, 0.1) is 17.0 Å². The van der Waals surface area contributed by atoms with Crippen molar-refractivity contribution in [3.63, 3.8) is 0 Å². The van der Waals surface area contributed by atoms with Gasteiger partial charge in [-0.05, 0) is 36.5 Å². The molecule has 0 saturated heterocycles. The van der Waals surface area contributed by atoms with E-state index in [2.05, 4.69) is 19.2 Å². The van der Waals surface area contributed by atoms with Gasteiger partial charge in [0, 0.05) is 12.1 Å². The summed E-state index contributed by atoms with van der Waals surface area (Å²) in [4.78, 5) is 23.6. The van der Waals surface area contributed by atoms with Gasteiger partial charge in [-0.1, -0.05) is 45.0 Å². The van der Waals surface area contributed by atoms with Crippen molar-refractivity contribution in [3.8, 4) is 5.75 Å². The Balaban J connectivity index is 2.18. The summed E-state index contributed by atoms with van der Waals surface area (Å²) in [6, 6.07) is 10.5. The number of nitrogens with one attached hydrogen (secondary N) is 1. The number of non-ortho nitro benzene ring substituents is 1. The summed E-state index contributed by atoms with van der Waals surface area (Å²) in [6.07, 6.45) is 1.16. The largest absolute Gasteiger partial charge is 0.491 e. The van der Waals surface area contributed by atoms with E-state index in [1.54, 1.807) is 13.8 Å². The van der Waals surface area contributed by atoms with Crippen molar-refractivity contribution in [1.82, 2.24) is 5.32 Å². The van der Waals surface area contributed by atoms with Crippen molar-refractivity contribution in [2.24, 2.45) is 0 Å². The van der Waals surface area contributed by atoms with Crippen molar-refractivity contribution >= 4 is 27.3 Å². The molecular weight excluding hydrogens is 446 g/mol. The molecule has 0 heterocycles. The summed E-state index contributed by atoms with van der Waals surface area (Å²) in [6.45, 7) is 7.83. The van der Waals surface area contributed by atoms with Crippen LogP contribution in [0.5, 0.6) is 5.75 Å². The molecular formula is C23H31N3O6S. The third kappa shape index (κ3) is 6.67. The lowest BCUT2D eigenvalue weighted by Gasteiger charge is -2.31. The Hall–Kier alpha value is -3.14. The fourth-order valence-corrected chi connectivity index (χ4v) is 4.79. The number of nitrogens with zero attached hydrogens (tertiary/aromatic N) is 2. The Morgan fingerprint density at radius 1 is 1.21 bits per heavy atom. The minimum atomic E-state index is -3.91. The molecule has 0 saturated carbocycles. The molecule has 180 valence electrons. The number of rotatable bonds is 11. The molecule has 0 aliphatic carbocycles. The van der Waals surface area contributed by atoms with E-state index in [-0.39, 0.29) is 36.9 Å². The second kappa shape index (κ2) is 11.1. The molecule has 9 nitrogen and oxygen atoms in total. The number of para-hydroxylation sites is 1. The molecule has 1 atom stereocenters. The maximum absolute atomic E-state index is 12.9. The maximum Gasteiger partial charge on any atom is 0.271 e. The van der Waals surface area contributed by atoms with Gasteiger partial charge in [-0.2, -0.15) is 0 Å². The molecule has 0 radical (unpaired) electrons. The Morgan fingerprint density at radius 3 is 2.45 bits per heavy atom. The Morgan fingerprint density at radius 2 is 1.88 bits per heavy atom. The molecule has 10 heteroatoms. The predicted octanol–water partition coefficient (Wildman–Crippen LogP) is 3.77. The quantitative estimate of drug-likeness (QED) is 0.299. The van der Waals surface area contributed by atoms with Crippen LogP contribution in [0.25, 0.3) is 0 Å². The minimum absolute atomic E-state index is 0.107. The van der Waals surface area contributed by atoms with Crippen LogP contribution in [0.4, 0.5) is 11.4 Å². The van der Waals surface area contributed by atoms with Crippen molar-refractivity contribution < 1.29 is 22.9 Å². The number of nitro groups is 1. The number of hydrogen-bond acceptors (Lipinski definition) is 6. The van der Waals surface area contributed by atoms with E-state index in [4.69, 9.17) is 4.74 Å². The van der Waals surface area contributed by atoms with Crippen LogP contribution >= 0.6 is 0 Å². The zero-order valence-corrected chi connectivity index (χ0v) is 20.4. The van der Waals surface area contributed by atoms with E-state index >= 15 is 0 Å². The molecule has 2 aromatic carbocycles. The first-order valence-corrected chi connectivity index (χ1v) is 12.6. The number of benzene rings is 2. The number of nitro benzene ring substituents is 1. The molecule has 1 N–H and O–H groups in total. The van der Waals surface area contributed by atoms with Crippen molar-refractivity contribution in [2.45, 2.75) is 46.1 Å². The Labute approximate surface area is 195 Å². The Bertz CT molecular complexity index is 1100. The van der Waals surface area contributed by atoms with Crippen LogP contribution < -0.4 is 14.4 Å².